The third kappa shape index (κ3) is 5.24. The topological polar surface area (TPSA) is 104 Å². The van der Waals surface area contributed by atoms with Crippen LogP contribution in [0.25, 0.3) is 22.9 Å². The number of nitrogens with zero attached hydrogens (tertiary/aromatic N) is 2. The summed E-state index contributed by atoms with van der Waals surface area (Å²) < 4.78 is 16.0. The summed E-state index contributed by atoms with van der Waals surface area (Å²) in [6.07, 6.45) is 0. The molecule has 166 valence electrons. The molecule has 1 amide bonds. The average Bonchev–Trinajstić information content (AvgIpc) is 3.33. The van der Waals surface area contributed by atoms with Crippen LogP contribution in [-0.4, -0.2) is 35.8 Å². The minimum absolute atomic E-state index is 0.298. The second-order valence-corrected chi connectivity index (χ2v) is 7.16. The standard InChI is InChI=1S/C25H21N3O5/c1-16-6-3-4-9-21(16)24-28-27-23(33-24)17-10-12-18(13-11-17)25(30)32-15-22(29)26-19-7-5-8-20(14-19)31-2/h3-14H,15H2,1-2H3,(H,26,29). The molecular weight excluding hydrogens is 422 g/mol. The maximum Gasteiger partial charge on any atom is 0.338 e. The molecule has 0 spiro atoms. The number of esters is 1. The smallest absolute Gasteiger partial charge is 0.338 e. The summed E-state index contributed by atoms with van der Waals surface area (Å²) in [4.78, 5) is 24.4. The van der Waals surface area contributed by atoms with Crippen molar-refractivity contribution < 1.29 is 23.5 Å². The Morgan fingerprint density at radius 1 is 0.939 bits per heavy atom. The summed E-state index contributed by atoms with van der Waals surface area (Å²) in [5.74, 6) is 0.299. The quantitative estimate of drug-likeness (QED) is 0.419. The molecule has 0 aliphatic rings. The number of methoxy groups -OCH3 is 1. The number of hydrogen-bond acceptors (Lipinski definition) is 7. The molecular formula is C25H21N3O5. The van der Waals surface area contributed by atoms with Crippen LogP contribution in [0.1, 0.15) is 15.9 Å². The van der Waals surface area contributed by atoms with E-state index in [1.807, 2.05) is 31.2 Å². The monoisotopic (exact) mass is 443 g/mol. The van der Waals surface area contributed by atoms with Crippen molar-refractivity contribution in [1.29, 1.82) is 0 Å². The fraction of sp³-hybridized carbons (Fsp3) is 0.120. The van der Waals surface area contributed by atoms with Gasteiger partial charge in [-0.3, -0.25) is 4.79 Å². The minimum atomic E-state index is -0.617. The van der Waals surface area contributed by atoms with Crippen molar-refractivity contribution in [3.8, 4) is 28.7 Å². The van der Waals surface area contributed by atoms with E-state index in [1.54, 1.807) is 48.5 Å². The van der Waals surface area contributed by atoms with Gasteiger partial charge in [-0.1, -0.05) is 24.3 Å². The lowest BCUT2D eigenvalue weighted by atomic mass is 10.1. The van der Waals surface area contributed by atoms with E-state index in [2.05, 4.69) is 15.5 Å². The average molecular weight is 443 g/mol. The van der Waals surface area contributed by atoms with Crippen molar-refractivity contribution in [3.05, 3.63) is 83.9 Å². The third-order valence-electron chi connectivity index (χ3n) is 4.86. The molecule has 0 aliphatic carbocycles. The van der Waals surface area contributed by atoms with Crippen LogP contribution >= 0.6 is 0 Å². The van der Waals surface area contributed by atoms with E-state index >= 15 is 0 Å². The first-order valence-corrected chi connectivity index (χ1v) is 10.1. The van der Waals surface area contributed by atoms with Gasteiger partial charge in [0.25, 0.3) is 5.91 Å². The van der Waals surface area contributed by atoms with Crippen molar-refractivity contribution in [2.45, 2.75) is 6.92 Å². The van der Waals surface area contributed by atoms with Crippen LogP contribution in [0.2, 0.25) is 0 Å². The van der Waals surface area contributed by atoms with Gasteiger partial charge in [-0.15, -0.1) is 10.2 Å². The minimum Gasteiger partial charge on any atom is -0.497 e. The maximum atomic E-state index is 12.3. The zero-order valence-corrected chi connectivity index (χ0v) is 18.1. The highest BCUT2D eigenvalue weighted by Gasteiger charge is 2.14. The number of anilines is 1. The molecule has 33 heavy (non-hydrogen) atoms. The van der Waals surface area contributed by atoms with Crippen LogP contribution in [0.5, 0.6) is 5.75 Å². The Morgan fingerprint density at radius 3 is 2.45 bits per heavy atom. The fourth-order valence-electron chi connectivity index (χ4n) is 3.12. The van der Waals surface area contributed by atoms with Crippen LogP contribution in [0.4, 0.5) is 5.69 Å². The molecule has 4 rings (SSSR count). The predicted octanol–water partition coefficient (Wildman–Crippen LogP) is 4.52. The first kappa shape index (κ1) is 21.8. The highest BCUT2D eigenvalue weighted by atomic mass is 16.5. The van der Waals surface area contributed by atoms with Gasteiger partial charge in [0.1, 0.15) is 5.75 Å². The summed E-state index contributed by atoms with van der Waals surface area (Å²) in [5, 5.41) is 10.9. The van der Waals surface area contributed by atoms with Gasteiger partial charge in [-0.2, -0.15) is 0 Å². The lowest BCUT2D eigenvalue weighted by molar-refractivity contribution is -0.119. The van der Waals surface area contributed by atoms with Gasteiger partial charge in [-0.25, -0.2) is 4.79 Å². The summed E-state index contributed by atoms with van der Waals surface area (Å²) in [6.45, 7) is 1.55. The number of ether oxygens (including phenoxy) is 2. The Balaban J connectivity index is 1.35. The molecule has 0 saturated carbocycles. The van der Waals surface area contributed by atoms with Crippen LogP contribution in [-0.2, 0) is 9.53 Å². The van der Waals surface area contributed by atoms with E-state index in [-0.39, 0.29) is 0 Å². The number of benzene rings is 3. The SMILES string of the molecule is COc1cccc(NC(=O)COC(=O)c2ccc(-c3nnc(-c4ccccc4C)o3)cc2)c1. The van der Waals surface area contributed by atoms with Gasteiger partial charge < -0.3 is 19.2 Å². The molecule has 0 saturated heterocycles. The molecule has 3 aromatic carbocycles. The number of rotatable bonds is 7. The molecule has 0 aliphatic heterocycles. The van der Waals surface area contributed by atoms with Crippen molar-refractivity contribution in [1.82, 2.24) is 10.2 Å². The summed E-state index contributed by atoms with van der Waals surface area (Å²) in [5.41, 5.74) is 3.40. The zero-order valence-electron chi connectivity index (χ0n) is 18.1. The Labute approximate surface area is 190 Å². The maximum absolute atomic E-state index is 12.3. The first-order valence-electron chi connectivity index (χ1n) is 10.1. The van der Waals surface area contributed by atoms with Gasteiger partial charge >= 0.3 is 5.97 Å². The van der Waals surface area contributed by atoms with Crippen molar-refractivity contribution in [3.63, 3.8) is 0 Å². The molecule has 0 fully saturated rings. The number of carbonyl (C=O) groups excluding carboxylic acids is 2. The molecule has 1 heterocycles. The van der Waals surface area contributed by atoms with Crippen molar-refractivity contribution in [2.24, 2.45) is 0 Å². The van der Waals surface area contributed by atoms with Gasteiger partial charge in [0.05, 0.1) is 12.7 Å². The number of nitrogens with one attached hydrogen (secondary N) is 1. The Bertz CT molecular complexity index is 1280. The fourth-order valence-corrected chi connectivity index (χ4v) is 3.12. The van der Waals surface area contributed by atoms with E-state index in [9.17, 15) is 9.59 Å². The highest BCUT2D eigenvalue weighted by Crippen LogP contribution is 2.26. The van der Waals surface area contributed by atoms with E-state index in [0.717, 1.165) is 11.1 Å². The summed E-state index contributed by atoms with van der Waals surface area (Å²) >= 11 is 0. The van der Waals surface area contributed by atoms with Crippen LogP contribution in [0.15, 0.2) is 77.2 Å². The molecule has 8 heteroatoms. The first-order chi connectivity index (χ1) is 16.0. The van der Waals surface area contributed by atoms with Crippen molar-refractivity contribution in [2.75, 3.05) is 19.0 Å². The largest absolute Gasteiger partial charge is 0.497 e. The number of aromatic nitrogens is 2. The van der Waals surface area contributed by atoms with E-state index in [4.69, 9.17) is 13.9 Å². The Kier molecular flexibility index (Phi) is 6.45. The number of hydrogen-bond donors (Lipinski definition) is 1. The van der Waals surface area contributed by atoms with Gasteiger partial charge in [0, 0.05) is 22.9 Å². The predicted molar refractivity (Wildman–Crippen MR) is 122 cm³/mol. The lowest BCUT2D eigenvalue weighted by Gasteiger charge is -2.08. The van der Waals surface area contributed by atoms with Crippen molar-refractivity contribution >= 4 is 17.6 Å². The number of amides is 1. The van der Waals surface area contributed by atoms with Crippen LogP contribution in [0, 0.1) is 6.92 Å². The molecule has 4 aromatic rings. The third-order valence-corrected chi connectivity index (χ3v) is 4.86. The lowest BCUT2D eigenvalue weighted by Crippen LogP contribution is -2.20. The van der Waals surface area contributed by atoms with Crippen LogP contribution < -0.4 is 10.1 Å². The molecule has 1 aromatic heterocycles. The second-order valence-electron chi connectivity index (χ2n) is 7.16. The molecule has 0 unspecified atom stereocenters. The van der Waals surface area contributed by atoms with E-state index in [0.29, 0.717) is 34.3 Å². The highest BCUT2D eigenvalue weighted by molar-refractivity contribution is 5.95. The number of aryl methyl sites for hydroxylation is 1. The van der Waals surface area contributed by atoms with Gasteiger partial charge in [-0.05, 0) is 55.0 Å². The Hall–Kier alpha value is -4.46. The zero-order chi connectivity index (χ0) is 23.2. The van der Waals surface area contributed by atoms with Gasteiger partial charge in [0.2, 0.25) is 11.8 Å². The Morgan fingerprint density at radius 2 is 1.70 bits per heavy atom. The van der Waals surface area contributed by atoms with Crippen LogP contribution in [0.3, 0.4) is 0 Å². The summed E-state index contributed by atoms with van der Waals surface area (Å²) in [6, 6.07) is 21.1. The summed E-state index contributed by atoms with van der Waals surface area (Å²) in [7, 11) is 1.54. The van der Waals surface area contributed by atoms with Gasteiger partial charge in [0.15, 0.2) is 6.61 Å². The second kappa shape index (κ2) is 9.78. The molecule has 1 N–H and O–H groups in total. The van der Waals surface area contributed by atoms with E-state index < -0.39 is 18.5 Å². The number of carbonyl (C=O) groups is 2. The molecule has 8 nitrogen and oxygen atoms in total. The molecule has 0 atom stereocenters. The molecule has 0 bridgehead atoms. The van der Waals surface area contributed by atoms with E-state index in [1.165, 1.54) is 7.11 Å². The normalized spacial score (nSPS) is 10.5. The molecule has 0 radical (unpaired) electrons.